The highest BCUT2D eigenvalue weighted by molar-refractivity contribution is 9.10. The molecule has 2 amide bonds. The highest BCUT2D eigenvalue weighted by Crippen LogP contribution is 2.42. The average molecular weight is 364 g/mol. The monoisotopic (exact) mass is 363 g/mol. The highest BCUT2D eigenvalue weighted by atomic mass is 79.9. The summed E-state index contributed by atoms with van der Waals surface area (Å²) in [6.45, 7) is 2.00. The second-order valence-electron chi connectivity index (χ2n) is 5.22. The Bertz CT molecular complexity index is 710. The van der Waals surface area contributed by atoms with E-state index in [1.54, 1.807) is 11.3 Å². The van der Waals surface area contributed by atoms with Crippen molar-refractivity contribution in [1.29, 1.82) is 0 Å². The molecule has 21 heavy (non-hydrogen) atoms. The molecule has 2 heterocycles. The molecule has 108 valence electrons. The Morgan fingerprint density at radius 1 is 1.29 bits per heavy atom. The lowest BCUT2D eigenvalue weighted by atomic mass is 9.78. The van der Waals surface area contributed by atoms with E-state index in [1.807, 2.05) is 42.6 Å². The Morgan fingerprint density at radius 3 is 2.71 bits per heavy atom. The van der Waals surface area contributed by atoms with Gasteiger partial charge < -0.3 is 0 Å². The molecule has 2 atom stereocenters. The third-order valence-electron chi connectivity index (χ3n) is 3.83. The maximum atomic E-state index is 12.4. The summed E-state index contributed by atoms with van der Waals surface area (Å²) in [7, 11) is 0. The Kier molecular flexibility index (Phi) is 3.95. The van der Waals surface area contributed by atoms with Gasteiger partial charge in [-0.2, -0.15) is 0 Å². The van der Waals surface area contributed by atoms with Crippen LogP contribution in [0.3, 0.4) is 0 Å². The predicted molar refractivity (Wildman–Crippen MR) is 86.4 cm³/mol. The molecule has 1 saturated heterocycles. The van der Waals surface area contributed by atoms with Gasteiger partial charge in [-0.15, -0.1) is 11.3 Å². The summed E-state index contributed by atoms with van der Waals surface area (Å²) in [5, 5.41) is 4.46. The lowest BCUT2D eigenvalue weighted by molar-refractivity contribution is -0.135. The van der Waals surface area contributed by atoms with E-state index in [0.29, 0.717) is 6.42 Å². The number of aryl methyl sites for hydroxylation is 1. The van der Waals surface area contributed by atoms with Crippen LogP contribution in [0, 0.1) is 6.92 Å². The van der Waals surface area contributed by atoms with E-state index in [-0.39, 0.29) is 23.7 Å². The summed E-state index contributed by atoms with van der Waals surface area (Å²) in [6.07, 6.45) is 0.345. The number of benzene rings is 1. The predicted octanol–water partition coefficient (Wildman–Crippen LogP) is 3.73. The second kappa shape index (κ2) is 5.73. The second-order valence-corrected chi connectivity index (χ2v) is 7.08. The highest BCUT2D eigenvalue weighted by Gasteiger charge is 2.39. The van der Waals surface area contributed by atoms with Crippen molar-refractivity contribution in [2.45, 2.75) is 25.2 Å². The fraction of sp³-hybridized carbons (Fsp3) is 0.250. The molecule has 0 spiro atoms. The van der Waals surface area contributed by atoms with Crippen molar-refractivity contribution in [2.24, 2.45) is 0 Å². The number of carbonyl (C=O) groups excluding carboxylic acids is 2. The van der Waals surface area contributed by atoms with Gasteiger partial charge in [-0.1, -0.05) is 24.3 Å². The summed E-state index contributed by atoms with van der Waals surface area (Å²) < 4.78 is 0.990. The van der Waals surface area contributed by atoms with E-state index in [1.165, 1.54) is 0 Å². The van der Waals surface area contributed by atoms with Crippen LogP contribution < -0.4 is 5.32 Å². The zero-order chi connectivity index (χ0) is 15.0. The largest absolute Gasteiger partial charge is 0.296 e. The maximum absolute atomic E-state index is 12.4. The van der Waals surface area contributed by atoms with E-state index in [2.05, 4.69) is 21.2 Å². The quantitative estimate of drug-likeness (QED) is 0.826. The molecule has 1 N–H and O–H groups in total. The number of hydrogen-bond donors (Lipinski definition) is 1. The SMILES string of the molecule is Cc1ccccc1C1C(=O)NC(=O)CC1c1cc(Br)cs1. The van der Waals surface area contributed by atoms with Crippen LogP contribution in [0.1, 0.15) is 34.3 Å². The van der Waals surface area contributed by atoms with Crippen LogP contribution in [0.15, 0.2) is 40.2 Å². The molecule has 5 heteroatoms. The molecule has 2 unspecified atom stereocenters. The number of piperidine rings is 1. The third kappa shape index (κ3) is 2.80. The lowest BCUT2D eigenvalue weighted by Gasteiger charge is -2.30. The number of hydrogen-bond acceptors (Lipinski definition) is 3. The molecule has 0 aliphatic carbocycles. The van der Waals surface area contributed by atoms with Gasteiger partial charge in [0.05, 0.1) is 5.92 Å². The number of carbonyl (C=O) groups is 2. The summed E-state index contributed by atoms with van der Waals surface area (Å²) in [6, 6.07) is 9.88. The van der Waals surface area contributed by atoms with Crippen LogP contribution in [-0.2, 0) is 9.59 Å². The van der Waals surface area contributed by atoms with Crippen molar-refractivity contribution in [3.63, 3.8) is 0 Å². The van der Waals surface area contributed by atoms with Gasteiger partial charge in [-0.25, -0.2) is 0 Å². The molecule has 1 aromatic heterocycles. The van der Waals surface area contributed by atoms with Gasteiger partial charge in [0, 0.05) is 27.1 Å². The first-order valence-electron chi connectivity index (χ1n) is 6.69. The molecular weight excluding hydrogens is 350 g/mol. The smallest absolute Gasteiger partial charge is 0.234 e. The summed E-state index contributed by atoms with van der Waals surface area (Å²) in [5.41, 5.74) is 2.07. The van der Waals surface area contributed by atoms with Crippen molar-refractivity contribution in [1.82, 2.24) is 5.32 Å². The number of rotatable bonds is 2. The standard InChI is InChI=1S/C16H14BrNO2S/c1-9-4-2-3-5-11(9)15-12(7-14(19)18-16(15)20)13-6-10(17)8-21-13/h2-6,8,12,15H,7H2,1H3,(H,18,19,20). The summed E-state index contributed by atoms with van der Waals surface area (Å²) >= 11 is 5.03. The molecule has 1 fully saturated rings. The number of amides is 2. The normalized spacial score (nSPS) is 22.2. The minimum Gasteiger partial charge on any atom is -0.296 e. The molecule has 2 aromatic rings. The lowest BCUT2D eigenvalue weighted by Crippen LogP contribution is -2.43. The molecule has 1 aromatic carbocycles. The number of nitrogens with one attached hydrogen (secondary N) is 1. The zero-order valence-electron chi connectivity index (χ0n) is 11.4. The van der Waals surface area contributed by atoms with E-state index in [4.69, 9.17) is 0 Å². The fourth-order valence-corrected chi connectivity index (χ4v) is 4.43. The Hall–Kier alpha value is -1.46. The minimum absolute atomic E-state index is 0.0938. The van der Waals surface area contributed by atoms with Crippen LogP contribution in [0.25, 0.3) is 0 Å². The molecule has 1 aliphatic rings. The van der Waals surface area contributed by atoms with E-state index < -0.39 is 0 Å². The molecule has 3 nitrogen and oxygen atoms in total. The first-order chi connectivity index (χ1) is 10.1. The number of imide groups is 1. The molecule has 0 bridgehead atoms. The van der Waals surface area contributed by atoms with Gasteiger partial charge in [0.2, 0.25) is 11.8 Å². The van der Waals surface area contributed by atoms with Crippen LogP contribution in [0.5, 0.6) is 0 Å². The molecule has 3 rings (SSSR count). The molecular formula is C16H14BrNO2S. The zero-order valence-corrected chi connectivity index (χ0v) is 13.8. The molecule has 1 aliphatic heterocycles. The number of thiophene rings is 1. The van der Waals surface area contributed by atoms with Gasteiger partial charge in [0.15, 0.2) is 0 Å². The fourth-order valence-electron chi connectivity index (χ4n) is 2.85. The van der Waals surface area contributed by atoms with Gasteiger partial charge in [0.1, 0.15) is 0 Å². The van der Waals surface area contributed by atoms with Gasteiger partial charge in [-0.3, -0.25) is 14.9 Å². The topological polar surface area (TPSA) is 46.2 Å². The van der Waals surface area contributed by atoms with Crippen molar-refractivity contribution in [2.75, 3.05) is 0 Å². The van der Waals surface area contributed by atoms with E-state index in [0.717, 1.165) is 20.5 Å². The van der Waals surface area contributed by atoms with Crippen molar-refractivity contribution in [3.05, 3.63) is 56.2 Å². The summed E-state index contributed by atoms with van der Waals surface area (Å²) in [5.74, 6) is -0.799. The van der Waals surface area contributed by atoms with Crippen LogP contribution in [-0.4, -0.2) is 11.8 Å². The van der Waals surface area contributed by atoms with Crippen molar-refractivity contribution in [3.8, 4) is 0 Å². The Morgan fingerprint density at radius 2 is 2.05 bits per heavy atom. The van der Waals surface area contributed by atoms with Crippen LogP contribution in [0.4, 0.5) is 0 Å². The third-order valence-corrected chi connectivity index (χ3v) is 5.65. The molecule has 0 radical (unpaired) electrons. The van der Waals surface area contributed by atoms with Crippen LogP contribution in [0.2, 0.25) is 0 Å². The first kappa shape index (κ1) is 14.5. The van der Waals surface area contributed by atoms with Gasteiger partial charge in [-0.05, 0) is 40.0 Å². The van der Waals surface area contributed by atoms with E-state index in [9.17, 15) is 9.59 Å². The van der Waals surface area contributed by atoms with Gasteiger partial charge in [0.25, 0.3) is 0 Å². The van der Waals surface area contributed by atoms with Gasteiger partial charge >= 0.3 is 0 Å². The Labute approximate surface area is 135 Å². The van der Waals surface area contributed by atoms with Crippen molar-refractivity contribution >= 4 is 39.1 Å². The number of halogens is 1. The average Bonchev–Trinajstić information content (AvgIpc) is 2.86. The van der Waals surface area contributed by atoms with Crippen LogP contribution >= 0.6 is 27.3 Å². The first-order valence-corrected chi connectivity index (χ1v) is 8.36. The van der Waals surface area contributed by atoms with E-state index >= 15 is 0 Å². The maximum Gasteiger partial charge on any atom is 0.234 e. The van der Waals surface area contributed by atoms with Crippen molar-refractivity contribution < 1.29 is 9.59 Å². The Balaban J connectivity index is 2.07. The molecule has 0 saturated carbocycles. The minimum atomic E-state index is -0.311. The summed E-state index contributed by atoms with van der Waals surface area (Å²) in [4.78, 5) is 25.3.